The SMILES string of the molecule is COc1cc(OP(C)C)c(Nc2nc(Cl)ncc2Cl)cn1.P. The van der Waals surface area contributed by atoms with Crippen molar-refractivity contribution in [2.75, 3.05) is 25.8 Å². The number of rotatable bonds is 5. The summed E-state index contributed by atoms with van der Waals surface area (Å²) in [5.74, 6) is 1.44. The van der Waals surface area contributed by atoms with E-state index < -0.39 is 8.15 Å². The molecule has 2 aromatic rings. The molecule has 0 saturated carbocycles. The maximum Gasteiger partial charge on any atom is 0.224 e. The number of hydrogen-bond donors (Lipinski definition) is 1. The van der Waals surface area contributed by atoms with Crippen molar-refractivity contribution in [3.63, 3.8) is 0 Å². The summed E-state index contributed by atoms with van der Waals surface area (Å²) in [6, 6.07) is 1.70. The second-order valence-corrected chi connectivity index (χ2v) is 6.64. The molecule has 1 atom stereocenters. The van der Waals surface area contributed by atoms with Gasteiger partial charge >= 0.3 is 0 Å². The van der Waals surface area contributed by atoms with Gasteiger partial charge in [-0.15, -0.1) is 0 Å². The number of hydrogen-bond acceptors (Lipinski definition) is 6. The van der Waals surface area contributed by atoms with Crippen LogP contribution < -0.4 is 14.6 Å². The number of methoxy groups -OCH3 is 1. The number of nitrogens with zero attached hydrogens (tertiary/aromatic N) is 3. The van der Waals surface area contributed by atoms with Crippen molar-refractivity contribution in [1.29, 1.82) is 0 Å². The number of pyridine rings is 1. The molecule has 10 heteroatoms. The summed E-state index contributed by atoms with van der Waals surface area (Å²) in [6.07, 6.45) is 3.00. The molecule has 0 radical (unpaired) electrons. The fourth-order valence-electron chi connectivity index (χ4n) is 1.46. The molecule has 0 bridgehead atoms. The highest BCUT2D eigenvalue weighted by molar-refractivity contribution is 7.51. The molecule has 0 amide bonds. The first-order valence-electron chi connectivity index (χ1n) is 5.84. The summed E-state index contributed by atoms with van der Waals surface area (Å²) in [4.78, 5) is 12.0. The van der Waals surface area contributed by atoms with E-state index in [0.717, 1.165) is 0 Å². The monoisotopic (exact) mass is 380 g/mol. The molecular weight excluding hydrogens is 365 g/mol. The van der Waals surface area contributed by atoms with Gasteiger partial charge in [-0.3, -0.25) is 0 Å². The Hall–Kier alpha value is -0.930. The van der Waals surface area contributed by atoms with Gasteiger partial charge in [0.1, 0.15) is 10.7 Å². The van der Waals surface area contributed by atoms with Gasteiger partial charge in [0.05, 0.1) is 27.7 Å². The minimum absolute atomic E-state index is 0. The average molecular weight is 381 g/mol. The van der Waals surface area contributed by atoms with Crippen molar-refractivity contribution in [1.82, 2.24) is 15.0 Å². The molecule has 22 heavy (non-hydrogen) atoms. The molecule has 2 rings (SSSR count). The first-order valence-corrected chi connectivity index (χ1v) is 8.75. The van der Waals surface area contributed by atoms with Crippen molar-refractivity contribution < 1.29 is 9.26 Å². The molecule has 0 aromatic carbocycles. The molecule has 0 aliphatic rings. The van der Waals surface area contributed by atoms with E-state index in [2.05, 4.69) is 20.3 Å². The molecule has 0 saturated heterocycles. The van der Waals surface area contributed by atoms with E-state index in [1.165, 1.54) is 6.20 Å². The van der Waals surface area contributed by atoms with E-state index in [1.807, 2.05) is 13.3 Å². The Morgan fingerprint density at radius 2 is 1.91 bits per heavy atom. The lowest BCUT2D eigenvalue weighted by Gasteiger charge is -2.15. The number of halogens is 2. The van der Waals surface area contributed by atoms with Gasteiger partial charge in [0.15, 0.2) is 11.6 Å². The van der Waals surface area contributed by atoms with Crippen LogP contribution in [0.1, 0.15) is 0 Å². The van der Waals surface area contributed by atoms with E-state index in [-0.39, 0.29) is 15.2 Å². The summed E-state index contributed by atoms with van der Waals surface area (Å²) in [6.45, 7) is 3.97. The lowest BCUT2D eigenvalue weighted by molar-refractivity contribution is 0.396. The first kappa shape index (κ1) is 19.1. The molecule has 120 valence electrons. The zero-order valence-electron chi connectivity index (χ0n) is 12.3. The predicted molar refractivity (Wildman–Crippen MR) is 96.6 cm³/mol. The minimum Gasteiger partial charge on any atom is -0.481 e. The third-order valence-corrected chi connectivity index (χ3v) is 3.32. The topological polar surface area (TPSA) is 69.2 Å². The minimum atomic E-state index is -0.614. The van der Waals surface area contributed by atoms with Gasteiger partial charge in [-0.1, -0.05) is 11.6 Å². The summed E-state index contributed by atoms with van der Waals surface area (Å²) in [5, 5.41) is 3.48. The third kappa shape index (κ3) is 5.06. The van der Waals surface area contributed by atoms with Crippen LogP contribution in [0.4, 0.5) is 11.5 Å². The number of nitrogens with one attached hydrogen (secondary N) is 1. The Morgan fingerprint density at radius 1 is 1.18 bits per heavy atom. The Morgan fingerprint density at radius 3 is 2.55 bits per heavy atom. The van der Waals surface area contributed by atoms with E-state index in [0.29, 0.717) is 28.2 Å². The van der Waals surface area contributed by atoms with Crippen molar-refractivity contribution in [3.05, 3.63) is 28.8 Å². The molecule has 1 N–H and O–H groups in total. The Bertz CT molecular complexity index is 647. The van der Waals surface area contributed by atoms with Gasteiger partial charge in [-0.2, -0.15) is 14.9 Å². The van der Waals surface area contributed by atoms with E-state index in [4.69, 9.17) is 32.5 Å². The summed E-state index contributed by atoms with van der Waals surface area (Å²) in [7, 11) is 0.929. The summed E-state index contributed by atoms with van der Waals surface area (Å²) in [5.41, 5.74) is 0.615. The second-order valence-electron chi connectivity index (χ2n) is 4.09. The van der Waals surface area contributed by atoms with Crippen LogP contribution in [0.5, 0.6) is 11.6 Å². The van der Waals surface area contributed by atoms with Crippen LogP contribution in [0.25, 0.3) is 0 Å². The van der Waals surface area contributed by atoms with Crippen molar-refractivity contribution in [3.8, 4) is 11.6 Å². The largest absolute Gasteiger partial charge is 0.481 e. The van der Waals surface area contributed by atoms with Crippen LogP contribution in [-0.2, 0) is 0 Å². The van der Waals surface area contributed by atoms with Crippen LogP contribution in [0, 0.1) is 0 Å². The highest BCUT2D eigenvalue weighted by atomic mass is 35.5. The van der Waals surface area contributed by atoms with Crippen LogP contribution in [0.2, 0.25) is 10.3 Å². The van der Waals surface area contributed by atoms with Crippen LogP contribution in [0.3, 0.4) is 0 Å². The second kappa shape index (κ2) is 8.64. The summed E-state index contributed by atoms with van der Waals surface area (Å²) >= 11 is 11.8. The Kier molecular flexibility index (Phi) is 7.51. The molecule has 0 spiro atoms. The first-order chi connectivity index (χ1) is 9.99. The van der Waals surface area contributed by atoms with E-state index in [9.17, 15) is 0 Å². The molecule has 2 heterocycles. The molecule has 0 aliphatic carbocycles. The molecule has 0 fully saturated rings. The fourth-order valence-corrected chi connectivity index (χ4v) is 2.27. The Labute approximate surface area is 143 Å². The average Bonchev–Trinajstić information content (AvgIpc) is 2.44. The van der Waals surface area contributed by atoms with Gasteiger partial charge in [0, 0.05) is 6.07 Å². The standard InChI is InChI=1S/C12H13Cl2N4O2P.H3P/c1-19-10-4-9(20-21(2)3)8(6-15-10)17-11-7(13)5-16-12(14)18-11;/h4-6H,1-3H3,(H,16,17,18);1H3. The Balaban J connectivity index is 0.00000242. The van der Waals surface area contributed by atoms with Gasteiger partial charge in [-0.05, 0) is 24.9 Å². The fraction of sp³-hybridized carbons (Fsp3) is 0.250. The van der Waals surface area contributed by atoms with E-state index in [1.54, 1.807) is 19.4 Å². The zero-order chi connectivity index (χ0) is 15.4. The van der Waals surface area contributed by atoms with Crippen LogP contribution >= 0.6 is 41.2 Å². The lowest BCUT2D eigenvalue weighted by Crippen LogP contribution is -2.00. The van der Waals surface area contributed by atoms with Crippen molar-refractivity contribution in [2.24, 2.45) is 0 Å². The maximum atomic E-state index is 6.03. The zero-order valence-corrected chi connectivity index (χ0v) is 16.1. The van der Waals surface area contributed by atoms with Crippen LogP contribution in [-0.4, -0.2) is 35.4 Å². The highest BCUT2D eigenvalue weighted by Gasteiger charge is 2.12. The predicted octanol–water partition coefficient (Wildman–Crippen LogP) is 4.02. The highest BCUT2D eigenvalue weighted by Crippen LogP contribution is 2.38. The molecule has 0 aliphatic heterocycles. The normalized spacial score (nSPS) is 10.1. The van der Waals surface area contributed by atoms with Gasteiger partial charge in [0.2, 0.25) is 11.2 Å². The van der Waals surface area contributed by atoms with Crippen molar-refractivity contribution in [2.45, 2.75) is 0 Å². The molecule has 6 nitrogen and oxygen atoms in total. The van der Waals surface area contributed by atoms with Gasteiger partial charge in [0.25, 0.3) is 0 Å². The number of ether oxygens (including phenoxy) is 1. The maximum absolute atomic E-state index is 6.03. The molecule has 1 unspecified atom stereocenters. The number of anilines is 2. The van der Waals surface area contributed by atoms with E-state index >= 15 is 0 Å². The van der Waals surface area contributed by atoms with Crippen LogP contribution in [0.15, 0.2) is 18.5 Å². The lowest BCUT2D eigenvalue weighted by atomic mass is 10.3. The molecule has 2 aromatic heterocycles. The van der Waals surface area contributed by atoms with Gasteiger partial charge in [-0.25, -0.2) is 9.97 Å². The van der Waals surface area contributed by atoms with Gasteiger partial charge < -0.3 is 14.6 Å². The quantitative estimate of drug-likeness (QED) is 0.623. The smallest absolute Gasteiger partial charge is 0.224 e. The third-order valence-electron chi connectivity index (χ3n) is 2.30. The van der Waals surface area contributed by atoms with Crippen molar-refractivity contribution >= 4 is 52.8 Å². The molecular formula is C12H16Cl2N4O2P2. The summed E-state index contributed by atoms with van der Waals surface area (Å²) < 4.78 is 10.9. The number of aromatic nitrogens is 3.